The van der Waals surface area contributed by atoms with Gasteiger partial charge < -0.3 is 29.9 Å². The summed E-state index contributed by atoms with van der Waals surface area (Å²) >= 11 is 0. The monoisotopic (exact) mass is 324 g/mol. The van der Waals surface area contributed by atoms with E-state index in [1.165, 1.54) is 0 Å². The minimum Gasteiger partial charge on any atom is -0.477 e. The van der Waals surface area contributed by atoms with Gasteiger partial charge in [-0.3, -0.25) is 0 Å². The summed E-state index contributed by atoms with van der Waals surface area (Å²) in [6.45, 7) is 4.64. The first kappa shape index (κ1) is 18.7. The van der Waals surface area contributed by atoms with Crippen LogP contribution in [0.4, 0.5) is 0 Å². The lowest BCUT2D eigenvalue weighted by Crippen LogP contribution is -2.60. The van der Waals surface area contributed by atoms with E-state index in [1.54, 1.807) is 20.8 Å². The van der Waals surface area contributed by atoms with Gasteiger partial charge in [0.25, 0.3) is 5.79 Å². The van der Waals surface area contributed by atoms with Crippen molar-refractivity contribution in [2.75, 3.05) is 6.61 Å². The minimum absolute atomic E-state index is 0.223. The van der Waals surface area contributed by atoms with Gasteiger partial charge in [0, 0.05) is 24.9 Å². The molecule has 8 atom stereocenters. The molecule has 124 valence electrons. The van der Waals surface area contributed by atoms with Crippen molar-refractivity contribution in [1.82, 2.24) is 0 Å². The van der Waals surface area contributed by atoms with E-state index in [-0.39, 0.29) is 13.0 Å². The molecule has 0 bridgehead atoms. The maximum atomic E-state index is 11.6. The second kappa shape index (κ2) is 7.31. The highest BCUT2D eigenvalue weighted by Gasteiger charge is 2.54. The Balaban J connectivity index is 3.06. The molecule has 1 heterocycles. The van der Waals surface area contributed by atoms with Gasteiger partial charge >= 0.3 is 5.97 Å². The summed E-state index contributed by atoms with van der Waals surface area (Å²) in [6.07, 6.45) is -3.28. The Morgan fingerprint density at radius 3 is 2.52 bits per heavy atom. The molecule has 0 aliphatic carbocycles. The van der Waals surface area contributed by atoms with Gasteiger partial charge in [-0.15, -0.1) is 9.24 Å². The summed E-state index contributed by atoms with van der Waals surface area (Å²) in [6, 6.07) is 0. The van der Waals surface area contributed by atoms with E-state index >= 15 is 0 Å². The van der Waals surface area contributed by atoms with Gasteiger partial charge in [0.2, 0.25) is 0 Å². The Labute approximate surface area is 126 Å². The van der Waals surface area contributed by atoms with Crippen molar-refractivity contribution >= 4 is 15.2 Å². The number of carboxylic acids is 1. The summed E-state index contributed by atoms with van der Waals surface area (Å²) in [5.74, 6) is -4.85. The SMILES string of the molecule is CC(P)O[C@@]1(C(=O)O)C[C@@H](O)[C@@H](C)C([C@H](O)[C@H](C)CO)O1. The molecular weight excluding hydrogens is 299 g/mol. The van der Waals surface area contributed by atoms with Crippen LogP contribution in [-0.4, -0.2) is 62.9 Å². The standard InChI is InChI=1S/C13H25O7P/c1-6(5-14)10(16)11-7(2)9(15)4-13(20-11,12(17)18)19-8(3)21/h6-11,14-16H,4-5,21H2,1-3H3,(H,17,18)/t6-,7-,8?,9-,10-,11?,13+/m1/s1. The van der Waals surface area contributed by atoms with E-state index in [0.29, 0.717) is 0 Å². The quantitative estimate of drug-likeness (QED) is 0.499. The molecule has 0 saturated carbocycles. The van der Waals surface area contributed by atoms with E-state index in [4.69, 9.17) is 14.6 Å². The zero-order valence-corrected chi connectivity index (χ0v) is 13.6. The van der Waals surface area contributed by atoms with Crippen LogP contribution >= 0.6 is 9.24 Å². The summed E-state index contributed by atoms with van der Waals surface area (Å²) < 4.78 is 10.9. The lowest BCUT2D eigenvalue weighted by atomic mass is 9.83. The highest BCUT2D eigenvalue weighted by Crippen LogP contribution is 2.38. The van der Waals surface area contributed by atoms with Crippen molar-refractivity contribution in [3.8, 4) is 0 Å². The topological polar surface area (TPSA) is 116 Å². The Bertz CT molecular complexity index is 364. The van der Waals surface area contributed by atoms with Gasteiger partial charge in [-0.05, 0) is 6.92 Å². The molecule has 0 spiro atoms. The normalized spacial score (nSPS) is 37.8. The molecule has 8 heteroatoms. The first-order chi connectivity index (χ1) is 9.64. The first-order valence-electron chi connectivity index (χ1n) is 6.96. The summed E-state index contributed by atoms with van der Waals surface area (Å²) in [7, 11) is 2.30. The Morgan fingerprint density at radius 2 is 2.10 bits per heavy atom. The third kappa shape index (κ3) is 4.12. The highest BCUT2D eigenvalue weighted by molar-refractivity contribution is 7.17. The number of carbonyl (C=O) groups is 1. The number of aliphatic hydroxyl groups excluding tert-OH is 3. The van der Waals surface area contributed by atoms with E-state index in [2.05, 4.69) is 9.24 Å². The smallest absolute Gasteiger partial charge is 0.364 e. The number of hydrogen-bond acceptors (Lipinski definition) is 6. The fraction of sp³-hybridized carbons (Fsp3) is 0.923. The molecule has 1 saturated heterocycles. The van der Waals surface area contributed by atoms with Crippen LogP contribution in [-0.2, 0) is 14.3 Å². The Morgan fingerprint density at radius 1 is 1.52 bits per heavy atom. The van der Waals surface area contributed by atoms with Crippen LogP contribution in [0.25, 0.3) is 0 Å². The molecule has 0 radical (unpaired) electrons. The number of aliphatic carboxylic acids is 1. The average Bonchev–Trinajstić information content (AvgIpc) is 2.40. The number of ether oxygens (including phenoxy) is 2. The van der Waals surface area contributed by atoms with Crippen LogP contribution in [0.3, 0.4) is 0 Å². The molecule has 4 N–H and O–H groups in total. The van der Waals surface area contributed by atoms with Gasteiger partial charge in [0.1, 0.15) is 0 Å². The van der Waals surface area contributed by atoms with Crippen molar-refractivity contribution in [3.63, 3.8) is 0 Å². The fourth-order valence-electron chi connectivity index (χ4n) is 2.43. The number of carboxylic acid groups (broad SMARTS) is 1. The molecular formula is C13H25O7P. The van der Waals surface area contributed by atoms with Gasteiger partial charge in [-0.25, -0.2) is 4.79 Å². The number of hydrogen-bond donors (Lipinski definition) is 4. The molecule has 0 amide bonds. The van der Waals surface area contributed by atoms with Gasteiger partial charge in [-0.2, -0.15) is 0 Å². The van der Waals surface area contributed by atoms with Crippen molar-refractivity contribution in [2.45, 2.75) is 57.1 Å². The molecule has 3 unspecified atom stereocenters. The van der Waals surface area contributed by atoms with E-state index < -0.39 is 47.7 Å². The number of aliphatic hydroxyl groups is 3. The molecule has 0 aromatic rings. The van der Waals surface area contributed by atoms with Crippen molar-refractivity contribution in [2.24, 2.45) is 11.8 Å². The maximum Gasteiger partial charge on any atom is 0.364 e. The molecule has 1 rings (SSSR count). The zero-order chi connectivity index (χ0) is 16.4. The van der Waals surface area contributed by atoms with Crippen LogP contribution < -0.4 is 0 Å². The van der Waals surface area contributed by atoms with Crippen LogP contribution in [0.1, 0.15) is 27.2 Å². The molecule has 7 nitrogen and oxygen atoms in total. The predicted molar refractivity (Wildman–Crippen MR) is 77.5 cm³/mol. The molecule has 21 heavy (non-hydrogen) atoms. The van der Waals surface area contributed by atoms with Crippen LogP contribution in [0.15, 0.2) is 0 Å². The van der Waals surface area contributed by atoms with Crippen molar-refractivity contribution in [3.05, 3.63) is 0 Å². The molecule has 0 aromatic heterocycles. The lowest BCUT2D eigenvalue weighted by molar-refractivity contribution is -0.318. The minimum atomic E-state index is -2.01. The van der Waals surface area contributed by atoms with Crippen molar-refractivity contribution < 1.29 is 34.7 Å². The number of rotatable bonds is 6. The van der Waals surface area contributed by atoms with Crippen molar-refractivity contribution in [1.29, 1.82) is 0 Å². The van der Waals surface area contributed by atoms with Gasteiger partial charge in [0.15, 0.2) is 0 Å². The largest absolute Gasteiger partial charge is 0.477 e. The lowest BCUT2D eigenvalue weighted by Gasteiger charge is -2.46. The maximum absolute atomic E-state index is 11.6. The van der Waals surface area contributed by atoms with E-state index in [0.717, 1.165) is 0 Å². The Kier molecular flexibility index (Phi) is 6.53. The van der Waals surface area contributed by atoms with Gasteiger partial charge in [-0.1, -0.05) is 13.8 Å². The second-order valence-corrected chi connectivity index (χ2v) is 6.68. The average molecular weight is 324 g/mol. The third-order valence-corrected chi connectivity index (χ3v) is 3.98. The summed E-state index contributed by atoms with van der Waals surface area (Å²) in [4.78, 5) is 11.6. The second-order valence-electron chi connectivity index (χ2n) is 5.74. The zero-order valence-electron chi connectivity index (χ0n) is 12.5. The highest BCUT2D eigenvalue weighted by atomic mass is 31.0. The van der Waals surface area contributed by atoms with Crippen LogP contribution in [0.5, 0.6) is 0 Å². The summed E-state index contributed by atoms with van der Waals surface area (Å²) in [5, 5.41) is 39.0. The Hall–Kier alpha value is -0.300. The van der Waals surface area contributed by atoms with Gasteiger partial charge in [0.05, 0.1) is 24.2 Å². The fourth-order valence-corrected chi connectivity index (χ4v) is 2.65. The molecule has 1 aliphatic heterocycles. The first-order valence-corrected chi connectivity index (χ1v) is 7.63. The van der Waals surface area contributed by atoms with Crippen LogP contribution in [0.2, 0.25) is 0 Å². The van der Waals surface area contributed by atoms with E-state index in [1.807, 2.05) is 0 Å². The molecule has 1 fully saturated rings. The van der Waals surface area contributed by atoms with Crippen LogP contribution in [0, 0.1) is 11.8 Å². The van der Waals surface area contributed by atoms with E-state index in [9.17, 15) is 20.1 Å². The third-order valence-electron chi connectivity index (χ3n) is 3.84. The molecule has 0 aromatic carbocycles. The molecule has 1 aliphatic rings. The summed E-state index contributed by atoms with van der Waals surface area (Å²) in [5.41, 5.74) is 0. The predicted octanol–water partition coefficient (Wildman–Crippen LogP) is -0.220.